The van der Waals surface area contributed by atoms with Gasteiger partial charge in [-0.2, -0.15) is 0 Å². The molecule has 1 amide bonds. The molecule has 0 aliphatic rings. The third-order valence-corrected chi connectivity index (χ3v) is 6.00. The number of hydrogen-bond acceptors (Lipinski definition) is 6. The molecule has 2 aromatic carbocycles. The van der Waals surface area contributed by atoms with Gasteiger partial charge in [0.25, 0.3) is 5.91 Å². The van der Waals surface area contributed by atoms with Crippen molar-refractivity contribution in [2.45, 2.75) is 32.7 Å². The van der Waals surface area contributed by atoms with Gasteiger partial charge in [0.15, 0.2) is 6.61 Å². The number of halogens is 2. The molecule has 1 N–H and O–H groups in total. The molecule has 1 unspecified atom stereocenters. The Balaban J connectivity index is 1.55. The highest BCUT2D eigenvalue weighted by atomic mass is 35.5. The van der Waals surface area contributed by atoms with Gasteiger partial charge in [-0.1, -0.05) is 29.3 Å². The maximum atomic E-state index is 12.4. The zero-order chi connectivity index (χ0) is 24.1. The van der Waals surface area contributed by atoms with Crippen LogP contribution < -0.4 is 15.7 Å². The van der Waals surface area contributed by atoms with Gasteiger partial charge in [0.1, 0.15) is 11.3 Å². The fraction of sp³-hybridized carbons (Fsp3) is 0.292. The lowest BCUT2D eigenvalue weighted by molar-refractivity contribution is -0.148. The van der Waals surface area contributed by atoms with E-state index in [9.17, 15) is 14.4 Å². The van der Waals surface area contributed by atoms with Crippen LogP contribution in [0, 0.1) is 6.92 Å². The van der Waals surface area contributed by atoms with Crippen molar-refractivity contribution < 1.29 is 23.5 Å². The van der Waals surface area contributed by atoms with Crippen LogP contribution in [0.15, 0.2) is 45.6 Å². The van der Waals surface area contributed by atoms with Crippen LogP contribution in [0.4, 0.5) is 0 Å². The summed E-state index contributed by atoms with van der Waals surface area (Å²) in [4.78, 5) is 36.7. The van der Waals surface area contributed by atoms with Crippen LogP contribution in [0.3, 0.4) is 0 Å². The third kappa shape index (κ3) is 6.06. The number of rotatable bonds is 8. The summed E-state index contributed by atoms with van der Waals surface area (Å²) in [5.41, 5.74) is 1.78. The first kappa shape index (κ1) is 24.6. The molecule has 174 valence electrons. The van der Waals surface area contributed by atoms with E-state index in [1.165, 1.54) is 7.11 Å². The number of carbonyl (C=O) groups is 2. The lowest BCUT2D eigenvalue weighted by atomic mass is 10.0. The van der Waals surface area contributed by atoms with E-state index in [-0.39, 0.29) is 18.9 Å². The average molecular weight is 492 g/mol. The summed E-state index contributed by atoms with van der Waals surface area (Å²) in [5.74, 6) is -0.480. The highest BCUT2D eigenvalue weighted by Gasteiger charge is 2.16. The van der Waals surface area contributed by atoms with Crippen molar-refractivity contribution in [1.29, 1.82) is 0 Å². The van der Waals surface area contributed by atoms with Gasteiger partial charge in [0.2, 0.25) is 0 Å². The predicted molar refractivity (Wildman–Crippen MR) is 126 cm³/mol. The molecule has 3 rings (SSSR count). The van der Waals surface area contributed by atoms with Gasteiger partial charge in [-0.05, 0) is 55.7 Å². The summed E-state index contributed by atoms with van der Waals surface area (Å²) in [6, 6.07) is 9.91. The third-order valence-electron chi connectivity index (χ3n) is 5.26. The molecule has 0 aliphatic heterocycles. The zero-order valence-electron chi connectivity index (χ0n) is 18.4. The standard InChI is InChI=1S/C24H23Cl2NO6/c1-13-17-6-5-16(31-3)11-21(17)33-24(30)18(13)7-9-23(29)32-12-22(28)27-14(2)15-4-8-19(25)20(26)10-15/h4-6,8,10-11,14H,7,9,12H2,1-3H3,(H,27,28). The molecule has 0 radical (unpaired) electrons. The van der Waals surface area contributed by atoms with Gasteiger partial charge >= 0.3 is 11.6 Å². The van der Waals surface area contributed by atoms with Crippen LogP contribution in [-0.4, -0.2) is 25.6 Å². The Morgan fingerprint density at radius 1 is 1.12 bits per heavy atom. The summed E-state index contributed by atoms with van der Waals surface area (Å²) in [6.07, 6.45) is 0.0686. The molecule has 7 nitrogen and oxygen atoms in total. The number of methoxy groups -OCH3 is 1. The first-order valence-electron chi connectivity index (χ1n) is 10.2. The molecular formula is C24H23Cl2NO6. The quantitative estimate of drug-likeness (QED) is 0.360. The molecule has 0 bridgehead atoms. The minimum atomic E-state index is -0.596. The number of carbonyl (C=O) groups excluding carboxylic acids is 2. The number of aryl methyl sites for hydroxylation is 1. The lowest BCUT2D eigenvalue weighted by Crippen LogP contribution is -2.31. The molecule has 0 fully saturated rings. The molecule has 33 heavy (non-hydrogen) atoms. The second-order valence-electron chi connectivity index (χ2n) is 7.48. The number of ether oxygens (including phenoxy) is 2. The fourth-order valence-electron chi connectivity index (χ4n) is 3.38. The van der Waals surface area contributed by atoms with Gasteiger partial charge in [0, 0.05) is 23.4 Å². The van der Waals surface area contributed by atoms with Crippen LogP contribution >= 0.6 is 23.2 Å². The van der Waals surface area contributed by atoms with Gasteiger partial charge in [-0.3, -0.25) is 9.59 Å². The van der Waals surface area contributed by atoms with Gasteiger partial charge in [0.05, 0.1) is 23.2 Å². The molecule has 0 spiro atoms. The Labute approximate surface area is 200 Å². The molecule has 0 aliphatic carbocycles. The highest BCUT2D eigenvalue weighted by Crippen LogP contribution is 2.26. The van der Waals surface area contributed by atoms with E-state index >= 15 is 0 Å². The summed E-state index contributed by atoms with van der Waals surface area (Å²) in [6.45, 7) is 3.14. The minimum absolute atomic E-state index is 0.0666. The first-order valence-corrected chi connectivity index (χ1v) is 11.0. The number of hydrogen-bond donors (Lipinski definition) is 1. The Morgan fingerprint density at radius 2 is 1.88 bits per heavy atom. The molecule has 1 heterocycles. The van der Waals surface area contributed by atoms with Crippen molar-refractivity contribution in [1.82, 2.24) is 5.32 Å². The minimum Gasteiger partial charge on any atom is -0.497 e. The second-order valence-corrected chi connectivity index (χ2v) is 8.29. The smallest absolute Gasteiger partial charge is 0.339 e. The van der Waals surface area contributed by atoms with Crippen molar-refractivity contribution in [3.8, 4) is 5.75 Å². The Bertz CT molecular complexity index is 1250. The maximum absolute atomic E-state index is 12.4. The maximum Gasteiger partial charge on any atom is 0.339 e. The molecule has 0 saturated heterocycles. The number of nitrogens with one attached hydrogen (secondary N) is 1. The van der Waals surface area contributed by atoms with Crippen molar-refractivity contribution in [2.75, 3.05) is 13.7 Å². The van der Waals surface area contributed by atoms with Crippen LogP contribution in [0.2, 0.25) is 10.0 Å². The molecule has 0 saturated carbocycles. The van der Waals surface area contributed by atoms with Crippen LogP contribution in [0.1, 0.15) is 36.1 Å². The van der Waals surface area contributed by atoms with Crippen LogP contribution in [-0.2, 0) is 20.7 Å². The summed E-state index contributed by atoms with van der Waals surface area (Å²) in [7, 11) is 1.53. The van der Waals surface area contributed by atoms with Crippen LogP contribution in [0.25, 0.3) is 11.0 Å². The summed E-state index contributed by atoms with van der Waals surface area (Å²) < 4.78 is 15.6. The monoisotopic (exact) mass is 491 g/mol. The summed E-state index contributed by atoms with van der Waals surface area (Å²) in [5, 5.41) is 4.29. The van der Waals surface area contributed by atoms with E-state index in [0.29, 0.717) is 26.9 Å². The van der Waals surface area contributed by atoms with E-state index < -0.39 is 24.1 Å². The van der Waals surface area contributed by atoms with Gasteiger partial charge in [-0.15, -0.1) is 0 Å². The Hall–Kier alpha value is -3.03. The first-order chi connectivity index (χ1) is 15.7. The average Bonchev–Trinajstić information content (AvgIpc) is 2.78. The highest BCUT2D eigenvalue weighted by molar-refractivity contribution is 6.42. The molecule has 3 aromatic rings. The van der Waals surface area contributed by atoms with Crippen LogP contribution in [0.5, 0.6) is 5.75 Å². The van der Waals surface area contributed by atoms with E-state index in [1.54, 1.807) is 50.2 Å². The summed E-state index contributed by atoms with van der Waals surface area (Å²) >= 11 is 11.9. The number of esters is 1. The number of amides is 1. The number of fused-ring (bicyclic) bond motifs is 1. The number of benzene rings is 2. The predicted octanol–water partition coefficient (Wildman–Crippen LogP) is 4.77. The normalized spacial score (nSPS) is 11.8. The second kappa shape index (κ2) is 10.7. The molecule has 1 aromatic heterocycles. The zero-order valence-corrected chi connectivity index (χ0v) is 19.9. The van der Waals surface area contributed by atoms with Gasteiger partial charge in [-0.25, -0.2) is 4.79 Å². The fourth-order valence-corrected chi connectivity index (χ4v) is 3.69. The van der Waals surface area contributed by atoms with E-state index in [2.05, 4.69) is 5.32 Å². The van der Waals surface area contributed by atoms with Crippen molar-refractivity contribution in [2.24, 2.45) is 0 Å². The molecule has 1 atom stereocenters. The van der Waals surface area contributed by atoms with E-state index in [4.69, 9.17) is 37.1 Å². The largest absolute Gasteiger partial charge is 0.497 e. The van der Waals surface area contributed by atoms with Crippen molar-refractivity contribution in [3.05, 3.63) is 73.6 Å². The molecule has 9 heteroatoms. The van der Waals surface area contributed by atoms with E-state index in [0.717, 1.165) is 16.5 Å². The van der Waals surface area contributed by atoms with Crippen molar-refractivity contribution in [3.63, 3.8) is 0 Å². The Kier molecular flexibility index (Phi) is 8.00. The topological polar surface area (TPSA) is 94.8 Å². The lowest BCUT2D eigenvalue weighted by Gasteiger charge is -2.15. The van der Waals surface area contributed by atoms with Crippen molar-refractivity contribution >= 4 is 46.0 Å². The van der Waals surface area contributed by atoms with Gasteiger partial charge < -0.3 is 19.2 Å². The van der Waals surface area contributed by atoms with E-state index in [1.807, 2.05) is 0 Å². The SMILES string of the molecule is COc1ccc2c(C)c(CCC(=O)OCC(=O)NC(C)c3ccc(Cl)c(Cl)c3)c(=O)oc2c1. The molecular weight excluding hydrogens is 469 g/mol. The Morgan fingerprint density at radius 3 is 2.58 bits per heavy atom.